The van der Waals surface area contributed by atoms with E-state index in [-0.39, 0.29) is 23.4 Å². The van der Waals surface area contributed by atoms with E-state index in [4.69, 9.17) is 20.3 Å². The number of fused-ring (bicyclic) bond motifs is 1. The summed E-state index contributed by atoms with van der Waals surface area (Å²) >= 11 is 0. The van der Waals surface area contributed by atoms with Crippen molar-refractivity contribution < 1.29 is 56.3 Å². The number of unbranched alkanes of at least 4 members (excludes halogenated alkanes) is 2. The molecule has 1 aliphatic heterocycles. The lowest BCUT2D eigenvalue weighted by molar-refractivity contribution is -0.0421. The smallest absolute Gasteiger partial charge is 0.390 e. The molecule has 37 heavy (non-hydrogen) atoms. The van der Waals surface area contributed by atoms with Crippen LogP contribution >= 0.6 is 23.5 Å². The highest BCUT2D eigenvalue weighted by molar-refractivity contribution is 7.66. The van der Waals surface area contributed by atoms with Gasteiger partial charge in [-0.25, -0.2) is 13.7 Å². The fraction of sp³-hybridized carbons (Fsp3) is 0.529. The number of hydrogen-bond acceptors (Lipinski definition) is 11. The van der Waals surface area contributed by atoms with E-state index in [1.54, 1.807) is 0 Å². The van der Waals surface area contributed by atoms with Gasteiger partial charge in [0.2, 0.25) is 5.95 Å². The quantitative estimate of drug-likeness (QED) is 0.115. The molecule has 8 N–H and O–H groups in total. The minimum absolute atomic E-state index is 0.0920. The van der Waals surface area contributed by atoms with Gasteiger partial charge in [-0.2, -0.15) is 13.6 Å². The number of aliphatic hydroxyl groups is 1. The first kappa shape index (κ1) is 29.7. The molecule has 3 rings (SSSR count). The number of phosphoric ester groups is 1. The SMILES string of the molecule is CCCCC#Cc1cn([C@H]2CC(O)[C@@H](COP(=O)(O)OP(=O)(O)OP(=O)(O)O)O2)c2nc(N)[nH]c(=O)c12. The third-order valence-electron chi connectivity index (χ3n) is 4.91. The third kappa shape index (κ3) is 8.05. The first-order chi connectivity index (χ1) is 17.1. The first-order valence-corrected chi connectivity index (χ1v) is 15.1. The van der Waals surface area contributed by atoms with Gasteiger partial charge >= 0.3 is 23.5 Å². The molecule has 3 unspecified atom stereocenters. The molecule has 206 valence electrons. The zero-order chi connectivity index (χ0) is 27.6. The number of aliphatic hydroxyl groups excluding tert-OH is 1. The Bertz CT molecular complexity index is 1410. The Morgan fingerprint density at radius 3 is 2.59 bits per heavy atom. The fourth-order valence-corrected chi connectivity index (χ4v) is 6.45. The van der Waals surface area contributed by atoms with E-state index in [0.29, 0.717) is 12.0 Å². The second kappa shape index (κ2) is 11.5. The fourth-order valence-electron chi connectivity index (χ4n) is 3.42. The Labute approximate surface area is 209 Å². The van der Waals surface area contributed by atoms with Crippen molar-refractivity contribution in [3.63, 3.8) is 0 Å². The summed E-state index contributed by atoms with van der Waals surface area (Å²) in [4.78, 5) is 55.1. The van der Waals surface area contributed by atoms with Gasteiger partial charge in [-0.1, -0.05) is 25.2 Å². The van der Waals surface area contributed by atoms with Crippen LogP contribution in [0.15, 0.2) is 11.0 Å². The number of aromatic amines is 1. The lowest BCUT2D eigenvalue weighted by Gasteiger charge is -2.19. The van der Waals surface area contributed by atoms with Gasteiger partial charge in [-0.3, -0.25) is 14.3 Å². The van der Waals surface area contributed by atoms with Crippen LogP contribution in [0.25, 0.3) is 11.0 Å². The number of phosphoric acid groups is 3. The Hall–Kier alpha value is -1.89. The average molecular weight is 586 g/mol. The molecule has 5 atom stereocenters. The van der Waals surface area contributed by atoms with E-state index >= 15 is 0 Å². The van der Waals surface area contributed by atoms with Crippen molar-refractivity contribution >= 4 is 40.4 Å². The van der Waals surface area contributed by atoms with Crippen molar-refractivity contribution in [3.05, 3.63) is 22.1 Å². The standard InChI is InChI=1S/C17H25N4O13P3/c1-2-3-4-5-6-10-8-21(15-14(10)16(23)20-17(18)19-15)13-7-11(22)12(32-13)9-31-36(27,28)34-37(29,30)33-35(24,25)26/h8,11-13,22H,2-4,7,9H2,1H3,(H,27,28)(H,29,30)(H2,24,25,26)(H3,18,19,20,23)/t11?,12-,13-/m1/s1. The Kier molecular flexibility index (Phi) is 9.19. The summed E-state index contributed by atoms with van der Waals surface area (Å²) in [5.41, 5.74) is 5.60. The summed E-state index contributed by atoms with van der Waals surface area (Å²) in [7, 11) is -16.6. The van der Waals surface area contributed by atoms with Crippen LogP contribution in [0, 0.1) is 11.8 Å². The molecule has 1 fully saturated rings. The second-order valence-corrected chi connectivity index (χ2v) is 12.2. The van der Waals surface area contributed by atoms with Crippen LogP contribution < -0.4 is 11.3 Å². The molecule has 2 aromatic rings. The maximum atomic E-state index is 12.5. The first-order valence-electron chi connectivity index (χ1n) is 10.6. The van der Waals surface area contributed by atoms with E-state index in [0.717, 1.165) is 12.8 Å². The number of nitrogens with two attached hydrogens (primary N) is 1. The molecular weight excluding hydrogens is 561 g/mol. The summed E-state index contributed by atoms with van der Waals surface area (Å²) in [5, 5.41) is 10.5. The van der Waals surface area contributed by atoms with Crippen molar-refractivity contribution in [3.8, 4) is 11.8 Å². The van der Waals surface area contributed by atoms with E-state index in [9.17, 15) is 33.4 Å². The van der Waals surface area contributed by atoms with Crippen molar-refractivity contribution in [2.24, 2.45) is 0 Å². The molecule has 1 aliphatic rings. The molecule has 2 aromatic heterocycles. The monoisotopic (exact) mass is 586 g/mol. The van der Waals surface area contributed by atoms with Gasteiger partial charge in [0.25, 0.3) is 5.56 Å². The van der Waals surface area contributed by atoms with Crippen LogP contribution in [0.3, 0.4) is 0 Å². The van der Waals surface area contributed by atoms with Crippen molar-refractivity contribution in [1.82, 2.24) is 14.5 Å². The molecule has 3 heterocycles. The van der Waals surface area contributed by atoms with Crippen LogP contribution in [0.2, 0.25) is 0 Å². The zero-order valence-electron chi connectivity index (χ0n) is 19.2. The number of nitrogens with one attached hydrogen (secondary N) is 1. The summed E-state index contributed by atoms with van der Waals surface area (Å²) < 4.78 is 53.0. The average Bonchev–Trinajstić information content (AvgIpc) is 3.27. The number of hydrogen-bond donors (Lipinski definition) is 7. The largest absolute Gasteiger partial charge is 0.490 e. The molecule has 0 aliphatic carbocycles. The predicted octanol–water partition coefficient (Wildman–Crippen LogP) is 0.840. The molecule has 0 bridgehead atoms. The van der Waals surface area contributed by atoms with Crippen molar-refractivity contribution in [1.29, 1.82) is 0 Å². The number of aromatic nitrogens is 3. The minimum Gasteiger partial charge on any atom is -0.390 e. The molecule has 0 amide bonds. The lowest BCUT2D eigenvalue weighted by atomic mass is 10.2. The van der Waals surface area contributed by atoms with Gasteiger partial charge in [0.05, 0.1) is 23.7 Å². The van der Waals surface area contributed by atoms with Crippen LogP contribution in [0.4, 0.5) is 5.95 Å². The van der Waals surface area contributed by atoms with Crippen LogP contribution in [0.5, 0.6) is 0 Å². The van der Waals surface area contributed by atoms with Gasteiger partial charge in [-0.05, 0) is 6.42 Å². The number of anilines is 1. The third-order valence-corrected chi connectivity index (χ3v) is 8.71. The Morgan fingerprint density at radius 2 is 1.95 bits per heavy atom. The summed E-state index contributed by atoms with van der Waals surface area (Å²) in [5.74, 6) is 5.70. The maximum Gasteiger partial charge on any atom is 0.490 e. The Balaban J connectivity index is 1.78. The minimum atomic E-state index is -5.69. The van der Waals surface area contributed by atoms with Crippen molar-refractivity contribution in [2.45, 2.75) is 51.0 Å². The predicted molar refractivity (Wildman–Crippen MR) is 126 cm³/mol. The van der Waals surface area contributed by atoms with Gasteiger partial charge in [0.15, 0.2) is 5.65 Å². The van der Waals surface area contributed by atoms with E-state index in [1.165, 1.54) is 10.8 Å². The molecule has 1 saturated heterocycles. The molecule has 17 nitrogen and oxygen atoms in total. The van der Waals surface area contributed by atoms with E-state index < -0.39 is 54.1 Å². The second-order valence-electron chi connectivity index (χ2n) is 7.82. The zero-order valence-corrected chi connectivity index (χ0v) is 21.8. The maximum absolute atomic E-state index is 12.5. The highest BCUT2D eigenvalue weighted by Crippen LogP contribution is 2.66. The molecule has 0 aromatic carbocycles. The van der Waals surface area contributed by atoms with Crippen LogP contribution in [-0.4, -0.2) is 58.0 Å². The summed E-state index contributed by atoms with van der Waals surface area (Å²) in [6, 6.07) is 0. The molecule has 0 spiro atoms. The Morgan fingerprint density at radius 1 is 1.24 bits per heavy atom. The van der Waals surface area contributed by atoms with Gasteiger partial charge in [0, 0.05) is 19.0 Å². The molecule has 20 heteroatoms. The number of nitrogens with zero attached hydrogens (tertiary/aromatic N) is 2. The van der Waals surface area contributed by atoms with Gasteiger partial charge < -0.3 is 39.7 Å². The van der Waals surface area contributed by atoms with Gasteiger partial charge in [0.1, 0.15) is 12.3 Å². The van der Waals surface area contributed by atoms with E-state index in [2.05, 4.69) is 35.0 Å². The summed E-state index contributed by atoms with van der Waals surface area (Å²) in [6.45, 7) is 1.16. The number of H-pyrrole nitrogens is 1. The van der Waals surface area contributed by atoms with Crippen molar-refractivity contribution in [2.75, 3.05) is 12.3 Å². The van der Waals surface area contributed by atoms with E-state index in [1.807, 2.05) is 6.92 Å². The van der Waals surface area contributed by atoms with Crippen LogP contribution in [0.1, 0.15) is 44.4 Å². The molecular formula is C17H25N4O13P3. The van der Waals surface area contributed by atoms with Crippen LogP contribution in [-0.2, 0) is 31.6 Å². The number of ether oxygens (including phenoxy) is 1. The topological polar surface area (TPSA) is 266 Å². The lowest BCUT2D eigenvalue weighted by Crippen LogP contribution is -2.26. The molecule has 0 saturated carbocycles. The molecule has 0 radical (unpaired) electrons. The van der Waals surface area contributed by atoms with Gasteiger partial charge in [-0.15, -0.1) is 0 Å². The normalized spacial score (nSPS) is 23.4. The highest BCUT2D eigenvalue weighted by Gasteiger charge is 2.43. The summed E-state index contributed by atoms with van der Waals surface area (Å²) in [6.07, 6.45) is 0.294. The number of nitrogen functional groups attached to an aromatic ring is 1. The highest BCUT2D eigenvalue weighted by atomic mass is 31.3. The number of rotatable bonds is 10.